The van der Waals surface area contributed by atoms with Crippen LogP contribution in [-0.2, 0) is 14.6 Å². The van der Waals surface area contributed by atoms with Gasteiger partial charge in [0.05, 0.1) is 4.90 Å². The first-order valence-electron chi connectivity index (χ1n) is 5.97. The van der Waals surface area contributed by atoms with Gasteiger partial charge >= 0.3 is 0 Å². The topological polar surface area (TPSA) is 46.7 Å². The molecule has 0 N–H and O–H groups in total. The van der Waals surface area contributed by atoms with Gasteiger partial charge in [-0.1, -0.05) is 38.0 Å². The van der Waals surface area contributed by atoms with Crippen molar-refractivity contribution in [1.29, 1.82) is 0 Å². The van der Waals surface area contributed by atoms with E-state index in [-0.39, 0.29) is 0 Å². The Labute approximate surface area is 103 Å². The fourth-order valence-corrected chi connectivity index (χ4v) is 3.94. The molecule has 1 aromatic rings. The number of epoxide rings is 1. The molecular weight excluding hydrogens is 236 g/mol. The summed E-state index contributed by atoms with van der Waals surface area (Å²) in [6.45, 7) is 3.97. The zero-order valence-electron chi connectivity index (χ0n) is 10.2. The van der Waals surface area contributed by atoms with Crippen LogP contribution in [0, 0.1) is 0 Å². The molecule has 1 heterocycles. The number of hydrogen-bond donors (Lipinski definition) is 0. The van der Waals surface area contributed by atoms with Crippen LogP contribution in [0.15, 0.2) is 35.2 Å². The number of rotatable bonds is 5. The van der Waals surface area contributed by atoms with E-state index in [0.29, 0.717) is 4.90 Å². The Morgan fingerprint density at radius 2 is 1.94 bits per heavy atom. The van der Waals surface area contributed by atoms with Crippen molar-refractivity contribution in [3.63, 3.8) is 0 Å². The van der Waals surface area contributed by atoms with Crippen molar-refractivity contribution in [3.05, 3.63) is 30.3 Å². The molecule has 2 atom stereocenters. The summed E-state index contributed by atoms with van der Waals surface area (Å²) in [5.41, 5.74) is -1.14. The summed E-state index contributed by atoms with van der Waals surface area (Å²) in [4.78, 5) is 0.352. The molecule has 0 bridgehead atoms. The van der Waals surface area contributed by atoms with Gasteiger partial charge in [0.25, 0.3) is 0 Å². The average Bonchev–Trinajstić information content (AvgIpc) is 3.02. The SMILES string of the molecule is CCCCC1(C)OC1S(=O)(=O)c1ccccc1. The maximum absolute atomic E-state index is 12.2. The smallest absolute Gasteiger partial charge is 0.208 e. The van der Waals surface area contributed by atoms with Crippen LogP contribution < -0.4 is 0 Å². The summed E-state index contributed by atoms with van der Waals surface area (Å²) in [6, 6.07) is 8.52. The Morgan fingerprint density at radius 1 is 1.29 bits per heavy atom. The van der Waals surface area contributed by atoms with Crippen LogP contribution in [0.4, 0.5) is 0 Å². The normalized spacial score (nSPS) is 28.0. The molecule has 17 heavy (non-hydrogen) atoms. The lowest BCUT2D eigenvalue weighted by Crippen LogP contribution is -2.18. The standard InChI is InChI=1S/C13H18O3S/c1-3-4-10-13(2)12(16-13)17(14,15)11-8-6-5-7-9-11/h5-9,12H,3-4,10H2,1-2H3. The highest BCUT2D eigenvalue weighted by molar-refractivity contribution is 7.92. The molecule has 1 aliphatic rings. The summed E-state index contributed by atoms with van der Waals surface area (Å²) < 4.78 is 29.9. The van der Waals surface area contributed by atoms with Crippen molar-refractivity contribution in [1.82, 2.24) is 0 Å². The molecule has 1 aromatic carbocycles. The highest BCUT2D eigenvalue weighted by Crippen LogP contribution is 2.45. The van der Waals surface area contributed by atoms with Crippen molar-refractivity contribution < 1.29 is 13.2 Å². The first-order chi connectivity index (χ1) is 8.00. The fourth-order valence-electron chi connectivity index (χ4n) is 2.04. The molecular formula is C13H18O3S. The van der Waals surface area contributed by atoms with E-state index in [4.69, 9.17) is 4.74 Å². The first-order valence-corrected chi connectivity index (χ1v) is 7.52. The summed E-state index contributed by atoms with van der Waals surface area (Å²) in [5, 5.41) is 0. The zero-order chi connectivity index (χ0) is 12.5. The van der Waals surface area contributed by atoms with E-state index in [1.54, 1.807) is 24.3 Å². The van der Waals surface area contributed by atoms with Gasteiger partial charge in [-0.15, -0.1) is 0 Å². The quantitative estimate of drug-likeness (QED) is 0.759. The third kappa shape index (κ3) is 2.38. The van der Waals surface area contributed by atoms with Gasteiger partial charge in [0.15, 0.2) is 5.44 Å². The second kappa shape index (κ2) is 4.42. The maximum atomic E-state index is 12.2. The van der Waals surface area contributed by atoms with Gasteiger partial charge in [0.2, 0.25) is 9.84 Å². The lowest BCUT2D eigenvalue weighted by Gasteiger charge is -2.05. The highest BCUT2D eigenvalue weighted by Gasteiger charge is 2.59. The number of unbranched alkanes of at least 4 members (excludes halogenated alkanes) is 1. The molecule has 0 aliphatic carbocycles. The van der Waals surface area contributed by atoms with E-state index in [0.717, 1.165) is 19.3 Å². The molecule has 0 amide bonds. The third-order valence-corrected chi connectivity index (χ3v) is 5.29. The van der Waals surface area contributed by atoms with Gasteiger partial charge < -0.3 is 4.74 Å². The number of benzene rings is 1. The van der Waals surface area contributed by atoms with Crippen molar-refractivity contribution in [2.75, 3.05) is 0 Å². The largest absolute Gasteiger partial charge is 0.349 e. The second-order valence-electron chi connectivity index (χ2n) is 4.72. The molecule has 0 spiro atoms. The molecule has 1 aliphatic heterocycles. The molecule has 0 radical (unpaired) electrons. The van der Waals surface area contributed by atoms with Gasteiger partial charge in [0, 0.05) is 0 Å². The first kappa shape index (κ1) is 12.6. The van der Waals surface area contributed by atoms with E-state index in [1.807, 2.05) is 13.0 Å². The Hall–Kier alpha value is -0.870. The molecule has 1 fully saturated rings. The van der Waals surface area contributed by atoms with Gasteiger partial charge in [-0.3, -0.25) is 0 Å². The molecule has 3 nitrogen and oxygen atoms in total. The van der Waals surface area contributed by atoms with Gasteiger partial charge in [-0.05, 0) is 25.5 Å². The van der Waals surface area contributed by atoms with Crippen molar-refractivity contribution >= 4 is 9.84 Å². The van der Waals surface area contributed by atoms with E-state index >= 15 is 0 Å². The van der Waals surface area contributed by atoms with E-state index in [2.05, 4.69) is 6.92 Å². The minimum absolute atomic E-state index is 0.352. The summed E-state index contributed by atoms with van der Waals surface area (Å²) in [5.74, 6) is 0. The van der Waals surface area contributed by atoms with E-state index in [9.17, 15) is 8.42 Å². The number of sulfone groups is 1. The van der Waals surface area contributed by atoms with E-state index in [1.165, 1.54) is 0 Å². The van der Waals surface area contributed by atoms with Crippen LogP contribution in [0.3, 0.4) is 0 Å². The lowest BCUT2D eigenvalue weighted by atomic mass is 10.1. The minimum atomic E-state index is -3.33. The van der Waals surface area contributed by atoms with Crippen LogP contribution in [0.2, 0.25) is 0 Å². The monoisotopic (exact) mass is 254 g/mol. The summed E-state index contributed by atoms with van der Waals surface area (Å²) >= 11 is 0. The molecule has 2 unspecified atom stereocenters. The Balaban J connectivity index is 2.15. The summed E-state index contributed by atoms with van der Waals surface area (Å²) in [7, 11) is -3.33. The molecule has 0 saturated carbocycles. The van der Waals surface area contributed by atoms with Crippen LogP contribution in [0.1, 0.15) is 33.1 Å². The predicted molar refractivity (Wildman–Crippen MR) is 66.4 cm³/mol. The maximum Gasteiger partial charge on any atom is 0.208 e. The number of hydrogen-bond acceptors (Lipinski definition) is 3. The van der Waals surface area contributed by atoms with Crippen LogP contribution in [-0.4, -0.2) is 19.5 Å². The van der Waals surface area contributed by atoms with Gasteiger partial charge in [-0.25, -0.2) is 8.42 Å². The fraction of sp³-hybridized carbons (Fsp3) is 0.538. The third-order valence-electron chi connectivity index (χ3n) is 3.20. The molecule has 0 aromatic heterocycles. The highest BCUT2D eigenvalue weighted by atomic mass is 32.2. The van der Waals surface area contributed by atoms with Crippen LogP contribution in [0.25, 0.3) is 0 Å². The van der Waals surface area contributed by atoms with Crippen molar-refractivity contribution in [3.8, 4) is 0 Å². The minimum Gasteiger partial charge on any atom is -0.349 e. The molecule has 94 valence electrons. The van der Waals surface area contributed by atoms with Crippen LogP contribution in [0.5, 0.6) is 0 Å². The van der Waals surface area contributed by atoms with Crippen LogP contribution >= 0.6 is 0 Å². The zero-order valence-corrected chi connectivity index (χ0v) is 11.0. The van der Waals surface area contributed by atoms with E-state index < -0.39 is 20.9 Å². The average molecular weight is 254 g/mol. The second-order valence-corrected chi connectivity index (χ2v) is 6.71. The van der Waals surface area contributed by atoms with Gasteiger partial charge in [-0.2, -0.15) is 0 Å². The lowest BCUT2D eigenvalue weighted by molar-refractivity contribution is 0.299. The summed E-state index contributed by atoms with van der Waals surface area (Å²) in [6.07, 6.45) is 2.86. The van der Waals surface area contributed by atoms with Crippen molar-refractivity contribution in [2.24, 2.45) is 0 Å². The molecule has 2 rings (SSSR count). The molecule has 1 saturated heterocycles. The van der Waals surface area contributed by atoms with Gasteiger partial charge in [0.1, 0.15) is 5.60 Å². The Bertz CT molecular complexity index is 481. The van der Waals surface area contributed by atoms with Crippen molar-refractivity contribution in [2.45, 2.75) is 49.0 Å². The number of ether oxygens (including phenoxy) is 1. The Morgan fingerprint density at radius 3 is 2.53 bits per heavy atom. The Kier molecular flexibility index (Phi) is 3.27. The molecule has 4 heteroatoms. The predicted octanol–water partition coefficient (Wildman–Crippen LogP) is 2.77.